The van der Waals surface area contributed by atoms with Crippen LogP contribution in [0.5, 0.6) is 0 Å². The van der Waals surface area contributed by atoms with E-state index in [0.717, 1.165) is 11.4 Å². The fourth-order valence-corrected chi connectivity index (χ4v) is 3.99. The highest BCUT2D eigenvalue weighted by molar-refractivity contribution is 6.32. The first-order valence-electron chi connectivity index (χ1n) is 7.38. The molecular weight excluding hydrogens is 280 g/mol. The summed E-state index contributed by atoms with van der Waals surface area (Å²) in [7, 11) is 0. The smallest absolute Gasteiger partial charge is 0.0555 e. The van der Waals surface area contributed by atoms with Gasteiger partial charge in [-0.15, -0.1) is 0 Å². The number of halogens is 1. The Hall–Kier alpha value is -1.80. The number of pyridine rings is 1. The van der Waals surface area contributed by atoms with E-state index < -0.39 is 0 Å². The average molecular weight is 297 g/mol. The summed E-state index contributed by atoms with van der Waals surface area (Å²) in [6.45, 7) is 2.14. The zero-order chi connectivity index (χ0) is 14.4. The Balaban J connectivity index is 1.86. The Morgan fingerprint density at radius 3 is 2.81 bits per heavy atom. The van der Waals surface area contributed by atoms with Gasteiger partial charge in [0.1, 0.15) is 0 Å². The van der Waals surface area contributed by atoms with Crippen LogP contribution < -0.4 is 5.32 Å². The van der Waals surface area contributed by atoms with Crippen molar-refractivity contribution in [2.75, 3.05) is 5.32 Å². The highest BCUT2D eigenvalue weighted by atomic mass is 35.5. The highest BCUT2D eigenvalue weighted by Gasteiger charge is 2.39. The molecule has 2 nitrogen and oxygen atoms in total. The van der Waals surface area contributed by atoms with Crippen molar-refractivity contribution in [3.8, 4) is 0 Å². The Morgan fingerprint density at radius 2 is 2.00 bits per heavy atom. The van der Waals surface area contributed by atoms with E-state index in [4.69, 9.17) is 11.6 Å². The van der Waals surface area contributed by atoms with Crippen molar-refractivity contribution >= 4 is 17.3 Å². The lowest BCUT2D eigenvalue weighted by Gasteiger charge is -2.38. The van der Waals surface area contributed by atoms with Gasteiger partial charge in [0.15, 0.2) is 0 Å². The minimum absolute atomic E-state index is 0.317. The third-order valence-electron chi connectivity index (χ3n) is 4.74. The zero-order valence-corrected chi connectivity index (χ0v) is 12.6. The summed E-state index contributed by atoms with van der Waals surface area (Å²) in [4.78, 5) is 4.14. The van der Waals surface area contributed by atoms with Crippen molar-refractivity contribution in [1.29, 1.82) is 0 Å². The summed E-state index contributed by atoms with van der Waals surface area (Å²) >= 11 is 6.49. The van der Waals surface area contributed by atoms with Gasteiger partial charge in [-0.25, -0.2) is 0 Å². The van der Waals surface area contributed by atoms with Gasteiger partial charge in [-0.1, -0.05) is 29.8 Å². The molecule has 1 aromatic heterocycles. The fourth-order valence-electron chi connectivity index (χ4n) is 3.71. The number of aromatic nitrogens is 1. The maximum Gasteiger partial charge on any atom is 0.0555 e. The number of benzene rings is 1. The van der Waals surface area contributed by atoms with Gasteiger partial charge in [-0.05, 0) is 48.6 Å². The third kappa shape index (κ3) is 1.97. The van der Waals surface area contributed by atoms with E-state index in [1.165, 1.54) is 22.4 Å². The van der Waals surface area contributed by atoms with E-state index in [1.54, 1.807) is 0 Å². The van der Waals surface area contributed by atoms with Crippen molar-refractivity contribution in [2.24, 2.45) is 5.92 Å². The molecule has 2 aliphatic rings. The van der Waals surface area contributed by atoms with Crippen molar-refractivity contribution in [3.05, 3.63) is 70.5 Å². The molecule has 1 aromatic carbocycles. The molecule has 2 heterocycles. The molecule has 0 spiro atoms. The second-order valence-electron chi connectivity index (χ2n) is 5.91. The van der Waals surface area contributed by atoms with Crippen LogP contribution in [0, 0.1) is 12.8 Å². The molecule has 0 fully saturated rings. The van der Waals surface area contributed by atoms with Crippen LogP contribution in [0.1, 0.15) is 35.1 Å². The Morgan fingerprint density at radius 1 is 1.19 bits per heavy atom. The predicted molar refractivity (Wildman–Crippen MR) is 86.8 cm³/mol. The van der Waals surface area contributed by atoms with Gasteiger partial charge in [-0.3, -0.25) is 4.98 Å². The van der Waals surface area contributed by atoms with Gasteiger partial charge in [-0.2, -0.15) is 0 Å². The standard InChI is InChI=1S/C18H17ClN2/c1-11-5-6-15(19)16-13-3-2-4-14(13)18(21-17(11)16)12-7-9-20-10-8-12/h2-3,5-10,13-14,18,21H,4H2,1H3/t13-,14-,18-/m1/s1. The van der Waals surface area contributed by atoms with Crippen molar-refractivity contribution in [2.45, 2.75) is 25.3 Å². The molecule has 3 heteroatoms. The molecule has 0 unspecified atom stereocenters. The number of aryl methyl sites for hydroxylation is 1. The van der Waals surface area contributed by atoms with Crippen LogP contribution in [-0.2, 0) is 0 Å². The summed E-state index contributed by atoms with van der Waals surface area (Å²) in [6, 6.07) is 8.65. The SMILES string of the molecule is Cc1ccc(Cl)c2c1N[C@H](c1ccncc1)[C@@H]1CC=C[C@@H]21. The molecule has 106 valence electrons. The molecule has 0 amide bonds. The summed E-state index contributed by atoms with van der Waals surface area (Å²) in [5.74, 6) is 0.936. The van der Waals surface area contributed by atoms with Crippen LogP contribution in [0.15, 0.2) is 48.8 Å². The maximum absolute atomic E-state index is 6.49. The fraction of sp³-hybridized carbons (Fsp3) is 0.278. The molecule has 4 rings (SSSR count). The predicted octanol–water partition coefficient (Wildman–Crippen LogP) is 4.87. The Kier molecular flexibility index (Phi) is 3.00. The molecule has 1 aliphatic heterocycles. The molecular formula is C18H17ClN2. The van der Waals surface area contributed by atoms with Crippen LogP contribution in [0.3, 0.4) is 0 Å². The van der Waals surface area contributed by atoms with Crippen molar-refractivity contribution < 1.29 is 0 Å². The minimum atomic E-state index is 0.317. The largest absolute Gasteiger partial charge is 0.377 e. The van der Waals surface area contributed by atoms with E-state index >= 15 is 0 Å². The number of nitrogens with zero attached hydrogens (tertiary/aromatic N) is 1. The molecule has 1 N–H and O–H groups in total. The quantitative estimate of drug-likeness (QED) is 0.759. The first kappa shape index (κ1) is 12.9. The topological polar surface area (TPSA) is 24.9 Å². The van der Waals surface area contributed by atoms with Crippen molar-refractivity contribution in [1.82, 2.24) is 4.98 Å². The molecule has 0 bridgehead atoms. The zero-order valence-electron chi connectivity index (χ0n) is 11.9. The van der Waals surface area contributed by atoms with Crippen LogP contribution in [0.25, 0.3) is 0 Å². The third-order valence-corrected chi connectivity index (χ3v) is 5.07. The maximum atomic E-state index is 6.49. The monoisotopic (exact) mass is 296 g/mol. The normalized spacial score (nSPS) is 26.1. The van der Waals surface area contributed by atoms with Gasteiger partial charge >= 0.3 is 0 Å². The number of anilines is 1. The van der Waals surface area contributed by atoms with Crippen LogP contribution in [0.4, 0.5) is 5.69 Å². The highest BCUT2D eigenvalue weighted by Crippen LogP contribution is 2.52. The van der Waals surface area contributed by atoms with E-state index in [2.05, 4.69) is 47.6 Å². The lowest BCUT2D eigenvalue weighted by molar-refractivity contribution is 0.425. The van der Waals surface area contributed by atoms with Crippen LogP contribution >= 0.6 is 11.6 Å². The molecule has 21 heavy (non-hydrogen) atoms. The van der Waals surface area contributed by atoms with Gasteiger partial charge in [0.25, 0.3) is 0 Å². The summed E-state index contributed by atoms with van der Waals surface area (Å²) in [5, 5.41) is 4.61. The molecule has 0 saturated heterocycles. The van der Waals surface area contributed by atoms with E-state index in [0.29, 0.717) is 17.9 Å². The van der Waals surface area contributed by atoms with Crippen LogP contribution in [-0.4, -0.2) is 4.98 Å². The lowest BCUT2D eigenvalue weighted by atomic mass is 9.76. The average Bonchev–Trinajstić information content (AvgIpc) is 3.00. The number of fused-ring (bicyclic) bond motifs is 3. The second kappa shape index (κ2) is 4.88. The first-order valence-corrected chi connectivity index (χ1v) is 7.75. The van der Waals surface area contributed by atoms with E-state index in [1.807, 2.05) is 18.5 Å². The van der Waals surface area contributed by atoms with Gasteiger partial charge < -0.3 is 5.32 Å². The number of nitrogens with one attached hydrogen (secondary N) is 1. The number of allylic oxidation sites excluding steroid dienone is 2. The molecule has 3 atom stereocenters. The van der Waals surface area contributed by atoms with Crippen LogP contribution in [0.2, 0.25) is 5.02 Å². The minimum Gasteiger partial charge on any atom is -0.377 e. The van der Waals surface area contributed by atoms with Crippen molar-refractivity contribution in [3.63, 3.8) is 0 Å². The lowest BCUT2D eigenvalue weighted by Crippen LogP contribution is -2.29. The van der Waals surface area contributed by atoms with Gasteiger partial charge in [0.2, 0.25) is 0 Å². The van der Waals surface area contributed by atoms with Gasteiger partial charge in [0, 0.05) is 34.6 Å². The summed E-state index contributed by atoms with van der Waals surface area (Å²) in [5.41, 5.74) is 5.03. The molecule has 0 saturated carbocycles. The second-order valence-corrected chi connectivity index (χ2v) is 6.32. The number of hydrogen-bond acceptors (Lipinski definition) is 2. The molecule has 1 aliphatic carbocycles. The van der Waals surface area contributed by atoms with Gasteiger partial charge in [0.05, 0.1) is 6.04 Å². The Bertz CT molecular complexity index is 709. The number of rotatable bonds is 1. The Labute approximate surface area is 129 Å². The van der Waals surface area contributed by atoms with E-state index in [9.17, 15) is 0 Å². The molecule has 2 aromatic rings. The summed E-state index contributed by atoms with van der Waals surface area (Å²) < 4.78 is 0. The first-order chi connectivity index (χ1) is 10.3. The molecule has 0 radical (unpaired) electrons. The number of hydrogen-bond donors (Lipinski definition) is 1. The van der Waals surface area contributed by atoms with E-state index in [-0.39, 0.29) is 0 Å². The summed E-state index contributed by atoms with van der Waals surface area (Å²) in [6.07, 6.45) is 9.45.